The van der Waals surface area contributed by atoms with E-state index in [4.69, 9.17) is 20.1 Å². The van der Waals surface area contributed by atoms with Crippen molar-refractivity contribution in [2.24, 2.45) is 11.7 Å². The molecule has 3 N–H and O–H groups in total. The van der Waals surface area contributed by atoms with Crippen LogP contribution < -0.4 is 11.1 Å². The van der Waals surface area contributed by atoms with Crippen LogP contribution in [0.3, 0.4) is 0 Å². The molecule has 1 heterocycles. The molecule has 0 aromatic carbocycles. The first kappa shape index (κ1) is 6.63. The first-order valence-corrected chi connectivity index (χ1v) is 5.01. The molecule has 1 aliphatic carbocycles. The summed E-state index contributed by atoms with van der Waals surface area (Å²) in [6.45, 7) is -0.277. The zero-order chi connectivity index (χ0) is 10.3. The molecule has 1 saturated carbocycles. The molecule has 3 heteroatoms. The Morgan fingerprint density at radius 1 is 1.50 bits per heavy atom. The number of alkyl halides is 1. The Bertz CT molecular complexity index is 197. The van der Waals surface area contributed by atoms with Crippen LogP contribution in [0.1, 0.15) is 28.4 Å². The molecule has 0 aromatic rings. The van der Waals surface area contributed by atoms with Gasteiger partial charge in [-0.1, -0.05) is 0 Å². The van der Waals surface area contributed by atoms with E-state index in [1.54, 1.807) is 0 Å². The van der Waals surface area contributed by atoms with Crippen LogP contribution in [0.15, 0.2) is 0 Å². The number of nitrogens with one attached hydrogen (secondary N) is 1. The molecule has 0 aromatic heterocycles. The Morgan fingerprint density at radius 3 is 3.17 bits per heavy atom. The van der Waals surface area contributed by atoms with E-state index in [9.17, 15) is 0 Å². The molecule has 1 saturated heterocycles. The molecule has 0 radical (unpaired) electrons. The Labute approximate surface area is 81.7 Å². The van der Waals surface area contributed by atoms with Crippen LogP contribution in [0.25, 0.3) is 0 Å². The maximum absolute atomic E-state index is 7.96. The van der Waals surface area contributed by atoms with Crippen molar-refractivity contribution in [3.8, 4) is 0 Å². The largest absolute Gasteiger partial charge is 0.327 e. The zero-order valence-electron chi connectivity index (χ0n) is 9.04. The fourth-order valence-corrected chi connectivity index (χ4v) is 2.46. The van der Waals surface area contributed by atoms with Gasteiger partial charge in [-0.15, -0.1) is 11.6 Å². The van der Waals surface area contributed by atoms with Crippen LogP contribution in [-0.4, -0.2) is 24.0 Å². The summed E-state index contributed by atoms with van der Waals surface area (Å²) in [5.74, 6) is 0.187. The maximum Gasteiger partial charge on any atom is 0.0429 e. The van der Waals surface area contributed by atoms with Gasteiger partial charge in [-0.05, 0) is 38.1 Å². The van der Waals surface area contributed by atoms with Gasteiger partial charge < -0.3 is 11.1 Å². The van der Waals surface area contributed by atoms with E-state index in [2.05, 4.69) is 5.32 Å². The van der Waals surface area contributed by atoms with Crippen LogP contribution in [0.2, 0.25) is 0 Å². The maximum atomic E-state index is 7.96. The van der Waals surface area contributed by atoms with Crippen LogP contribution in [0.4, 0.5) is 0 Å². The number of nitrogens with two attached hydrogens (primary N) is 1. The minimum absolute atomic E-state index is 0.00424. The van der Waals surface area contributed by atoms with Gasteiger partial charge >= 0.3 is 0 Å². The van der Waals surface area contributed by atoms with Gasteiger partial charge in [0, 0.05) is 20.2 Å². The molecular formula is C9H17ClN2. The smallest absolute Gasteiger partial charge is 0.0429 e. The van der Waals surface area contributed by atoms with Gasteiger partial charge in [0.15, 0.2) is 0 Å². The second kappa shape index (κ2) is 3.52. The molecule has 0 bridgehead atoms. The SMILES string of the molecule is [2H]C1CC(N)C2C([2H])CC(Cl)CC2N1. The molecule has 70 valence electrons. The van der Waals surface area contributed by atoms with Gasteiger partial charge in [-0.3, -0.25) is 0 Å². The minimum Gasteiger partial charge on any atom is -0.327 e. The van der Waals surface area contributed by atoms with E-state index in [0.29, 0.717) is 6.42 Å². The normalized spacial score (nSPS) is 63.2. The van der Waals surface area contributed by atoms with Gasteiger partial charge in [-0.25, -0.2) is 0 Å². The average Bonchev–Trinajstić information content (AvgIpc) is 1.99. The van der Waals surface area contributed by atoms with Gasteiger partial charge in [0.1, 0.15) is 0 Å². The monoisotopic (exact) mass is 190 g/mol. The highest BCUT2D eigenvalue weighted by atomic mass is 35.5. The Balaban J connectivity index is 2.10. The molecule has 0 spiro atoms. The standard InChI is InChI=1S/C9H17ClN2/c10-6-1-2-7-8(11)3-4-12-9(7)5-6/h6-9,12H,1-5,11H2/i2D,4D. The molecule has 0 amide bonds. The summed E-state index contributed by atoms with van der Waals surface area (Å²) in [5.41, 5.74) is 5.99. The van der Waals surface area contributed by atoms with E-state index in [1.165, 1.54) is 0 Å². The second-order valence-electron chi connectivity index (χ2n) is 3.76. The third kappa shape index (κ3) is 1.61. The highest BCUT2D eigenvalue weighted by Crippen LogP contribution is 2.32. The van der Waals surface area contributed by atoms with E-state index >= 15 is 0 Å². The van der Waals surface area contributed by atoms with Gasteiger partial charge in [-0.2, -0.15) is 0 Å². The quantitative estimate of drug-likeness (QED) is 0.562. The first-order valence-electron chi connectivity index (χ1n) is 5.73. The third-order valence-electron chi connectivity index (χ3n) is 2.85. The molecule has 12 heavy (non-hydrogen) atoms. The van der Waals surface area contributed by atoms with Crippen molar-refractivity contribution in [3.05, 3.63) is 0 Å². The Morgan fingerprint density at radius 2 is 2.33 bits per heavy atom. The molecule has 2 fully saturated rings. The summed E-state index contributed by atoms with van der Waals surface area (Å²) in [6.07, 6.45) is 2.08. The average molecular weight is 191 g/mol. The summed E-state index contributed by atoms with van der Waals surface area (Å²) in [5, 5.41) is 3.26. The minimum atomic E-state index is -0.277. The number of rotatable bonds is 0. The zero-order valence-corrected chi connectivity index (χ0v) is 7.80. The van der Waals surface area contributed by atoms with Crippen molar-refractivity contribution in [2.75, 3.05) is 6.52 Å². The third-order valence-corrected chi connectivity index (χ3v) is 3.21. The molecule has 6 unspecified atom stereocenters. The van der Waals surface area contributed by atoms with Crippen molar-refractivity contribution in [1.29, 1.82) is 0 Å². The second-order valence-corrected chi connectivity index (χ2v) is 4.38. The van der Waals surface area contributed by atoms with E-state index in [0.717, 1.165) is 12.8 Å². The molecular weight excluding hydrogens is 172 g/mol. The predicted molar refractivity (Wildman–Crippen MR) is 51.4 cm³/mol. The van der Waals surface area contributed by atoms with Crippen LogP contribution in [-0.2, 0) is 0 Å². The van der Waals surface area contributed by atoms with E-state index in [1.807, 2.05) is 0 Å². The first-order chi connectivity index (χ1) is 6.58. The topological polar surface area (TPSA) is 38.0 Å². The van der Waals surface area contributed by atoms with Crippen LogP contribution in [0.5, 0.6) is 0 Å². The molecule has 2 rings (SSSR count). The summed E-state index contributed by atoms with van der Waals surface area (Å²) in [4.78, 5) is 0. The predicted octanol–water partition coefficient (Wildman–Crippen LogP) is 1.08. The molecule has 2 aliphatic rings. The van der Waals surface area contributed by atoms with Gasteiger partial charge in [0.05, 0.1) is 0 Å². The van der Waals surface area contributed by atoms with Crippen molar-refractivity contribution < 1.29 is 2.74 Å². The van der Waals surface area contributed by atoms with Crippen molar-refractivity contribution in [3.63, 3.8) is 0 Å². The lowest BCUT2D eigenvalue weighted by atomic mass is 9.76. The lowest BCUT2D eigenvalue weighted by Gasteiger charge is -2.41. The molecule has 2 nitrogen and oxygen atoms in total. The summed E-state index contributed by atoms with van der Waals surface area (Å²) in [7, 11) is 0. The number of hydrogen-bond donors (Lipinski definition) is 2. The van der Waals surface area contributed by atoms with Crippen molar-refractivity contribution >= 4 is 11.6 Å². The number of piperidine rings is 1. The number of hydrogen-bond acceptors (Lipinski definition) is 2. The van der Waals surface area contributed by atoms with Gasteiger partial charge in [0.25, 0.3) is 0 Å². The highest BCUT2D eigenvalue weighted by Gasteiger charge is 2.35. The van der Waals surface area contributed by atoms with E-state index in [-0.39, 0.29) is 36.3 Å². The lowest BCUT2D eigenvalue weighted by Crippen LogP contribution is -2.54. The number of fused-ring (bicyclic) bond motifs is 1. The fourth-order valence-electron chi connectivity index (χ4n) is 2.16. The molecule has 6 atom stereocenters. The van der Waals surface area contributed by atoms with Crippen LogP contribution >= 0.6 is 11.6 Å². The van der Waals surface area contributed by atoms with E-state index < -0.39 is 0 Å². The fraction of sp³-hybridized carbons (Fsp3) is 1.00. The Hall–Kier alpha value is 0.210. The van der Waals surface area contributed by atoms with Gasteiger partial charge in [0.2, 0.25) is 0 Å². The van der Waals surface area contributed by atoms with Crippen molar-refractivity contribution in [2.45, 2.75) is 43.1 Å². The summed E-state index contributed by atoms with van der Waals surface area (Å²) < 4.78 is 15.6. The number of halogens is 1. The highest BCUT2D eigenvalue weighted by molar-refractivity contribution is 6.20. The lowest BCUT2D eigenvalue weighted by molar-refractivity contribution is 0.187. The molecule has 1 aliphatic heterocycles. The summed E-state index contributed by atoms with van der Waals surface area (Å²) in [6, 6.07) is 0.176. The Kier molecular flexibility index (Phi) is 1.95. The van der Waals surface area contributed by atoms with Crippen LogP contribution in [0, 0.1) is 5.92 Å². The van der Waals surface area contributed by atoms with Crippen molar-refractivity contribution in [1.82, 2.24) is 5.32 Å². The summed E-state index contributed by atoms with van der Waals surface area (Å²) >= 11 is 6.06.